The van der Waals surface area contributed by atoms with E-state index in [1.165, 1.54) is 4.31 Å². The number of aryl methyl sites for hydroxylation is 1. The van der Waals surface area contributed by atoms with Crippen molar-refractivity contribution < 1.29 is 17.9 Å². The van der Waals surface area contributed by atoms with Crippen molar-refractivity contribution in [2.75, 3.05) is 13.2 Å². The van der Waals surface area contributed by atoms with E-state index in [9.17, 15) is 13.2 Å². The molecule has 162 valence electrons. The maximum Gasteiger partial charge on any atom is 0.306 e. The molecule has 2 aromatic carbocycles. The van der Waals surface area contributed by atoms with E-state index in [2.05, 4.69) is 6.07 Å². The monoisotopic (exact) mass is 438 g/mol. The second-order valence-corrected chi connectivity index (χ2v) is 9.46. The molecule has 1 aliphatic heterocycles. The number of rotatable bonds is 7. The van der Waals surface area contributed by atoms with Gasteiger partial charge in [0.2, 0.25) is 10.0 Å². The molecule has 1 fully saturated rings. The standard InChI is InChI=1S/C24H26N2O4S/c1-3-30-24(27)16-21-13-14-26(31(28,29)22-10-7-18(2)8-11-22)23(21)12-9-19-5-4-6-20(15-19)17-25/h4-12,15,21,23H,3,13-14,16H2,1-2H3. The zero-order chi connectivity index (χ0) is 22.4. The Morgan fingerprint density at radius 3 is 2.68 bits per heavy atom. The highest BCUT2D eigenvalue weighted by Gasteiger charge is 2.41. The van der Waals surface area contributed by atoms with Crippen LogP contribution in [0.2, 0.25) is 0 Å². The lowest BCUT2D eigenvalue weighted by Crippen LogP contribution is -2.37. The molecular weight excluding hydrogens is 412 g/mol. The lowest BCUT2D eigenvalue weighted by Gasteiger charge is -2.25. The van der Waals surface area contributed by atoms with Crippen LogP contribution in [-0.2, 0) is 19.6 Å². The fourth-order valence-electron chi connectivity index (χ4n) is 3.81. The fourth-order valence-corrected chi connectivity index (χ4v) is 5.47. The smallest absolute Gasteiger partial charge is 0.306 e. The molecule has 31 heavy (non-hydrogen) atoms. The molecule has 1 aliphatic rings. The SMILES string of the molecule is CCOC(=O)CC1CCN(S(=O)(=O)c2ccc(C)cc2)C1C=Cc1cccc(C#N)c1. The average Bonchev–Trinajstić information content (AvgIpc) is 3.16. The molecule has 3 rings (SSSR count). The van der Waals surface area contributed by atoms with Crippen LogP contribution in [-0.4, -0.2) is 37.9 Å². The number of ether oxygens (including phenoxy) is 1. The second-order valence-electron chi connectivity index (χ2n) is 7.57. The number of carbonyl (C=O) groups is 1. The van der Waals surface area contributed by atoms with Crippen LogP contribution in [0, 0.1) is 24.2 Å². The molecule has 2 unspecified atom stereocenters. The Hall–Kier alpha value is -2.95. The van der Waals surface area contributed by atoms with Crippen LogP contribution in [0.3, 0.4) is 0 Å². The Morgan fingerprint density at radius 2 is 2.00 bits per heavy atom. The minimum absolute atomic E-state index is 0.154. The predicted octanol–water partition coefficient (Wildman–Crippen LogP) is 3.91. The number of nitrogens with zero attached hydrogens (tertiary/aromatic N) is 2. The van der Waals surface area contributed by atoms with Gasteiger partial charge in [0, 0.05) is 12.6 Å². The van der Waals surface area contributed by atoms with Gasteiger partial charge in [0.05, 0.1) is 29.6 Å². The van der Waals surface area contributed by atoms with Crippen LogP contribution in [0.5, 0.6) is 0 Å². The first kappa shape index (κ1) is 22.7. The lowest BCUT2D eigenvalue weighted by molar-refractivity contribution is -0.144. The van der Waals surface area contributed by atoms with Crippen LogP contribution in [0.15, 0.2) is 59.5 Å². The van der Waals surface area contributed by atoms with Crippen LogP contribution >= 0.6 is 0 Å². The van der Waals surface area contributed by atoms with Crippen molar-refractivity contribution in [1.29, 1.82) is 5.26 Å². The fraction of sp³-hybridized carbons (Fsp3) is 0.333. The summed E-state index contributed by atoms with van der Waals surface area (Å²) < 4.78 is 33.3. The first-order valence-corrected chi connectivity index (χ1v) is 11.7. The van der Waals surface area contributed by atoms with Crippen molar-refractivity contribution in [3.8, 4) is 6.07 Å². The summed E-state index contributed by atoms with van der Waals surface area (Å²) in [6.45, 7) is 4.27. The van der Waals surface area contributed by atoms with E-state index in [1.54, 1.807) is 49.4 Å². The van der Waals surface area contributed by atoms with E-state index in [4.69, 9.17) is 10.00 Å². The van der Waals surface area contributed by atoms with Crippen molar-refractivity contribution in [2.45, 2.75) is 37.6 Å². The summed E-state index contributed by atoms with van der Waals surface area (Å²) in [6.07, 6.45) is 4.35. The van der Waals surface area contributed by atoms with Gasteiger partial charge in [-0.3, -0.25) is 4.79 Å². The van der Waals surface area contributed by atoms with E-state index in [0.29, 0.717) is 25.1 Å². The number of benzene rings is 2. The van der Waals surface area contributed by atoms with Gasteiger partial charge in [-0.05, 0) is 56.0 Å². The molecule has 1 saturated heterocycles. The van der Waals surface area contributed by atoms with Crippen molar-refractivity contribution in [2.24, 2.45) is 5.92 Å². The normalized spacial score (nSPS) is 19.4. The third kappa shape index (κ3) is 5.40. The number of carbonyl (C=O) groups excluding carboxylic acids is 1. The van der Waals surface area contributed by atoms with Crippen LogP contribution in [0.25, 0.3) is 6.08 Å². The van der Waals surface area contributed by atoms with E-state index >= 15 is 0 Å². The second kappa shape index (κ2) is 9.90. The Kier molecular flexibility index (Phi) is 7.26. The highest BCUT2D eigenvalue weighted by molar-refractivity contribution is 7.89. The van der Waals surface area contributed by atoms with Crippen molar-refractivity contribution in [3.63, 3.8) is 0 Å². The van der Waals surface area contributed by atoms with Gasteiger partial charge in [0.1, 0.15) is 0 Å². The van der Waals surface area contributed by atoms with Gasteiger partial charge >= 0.3 is 5.97 Å². The van der Waals surface area contributed by atoms with Gasteiger partial charge in [0.15, 0.2) is 0 Å². The van der Waals surface area contributed by atoms with E-state index in [-0.39, 0.29) is 23.2 Å². The molecule has 0 saturated carbocycles. The Labute approximate surface area is 183 Å². The number of nitriles is 1. The summed E-state index contributed by atoms with van der Waals surface area (Å²) in [5, 5.41) is 9.11. The molecule has 2 aromatic rings. The van der Waals surface area contributed by atoms with Crippen LogP contribution < -0.4 is 0 Å². The summed E-state index contributed by atoms with van der Waals surface area (Å²) in [5.41, 5.74) is 2.31. The van der Waals surface area contributed by atoms with Gasteiger partial charge in [-0.15, -0.1) is 0 Å². The Morgan fingerprint density at radius 1 is 1.26 bits per heavy atom. The molecule has 0 amide bonds. The zero-order valence-corrected chi connectivity index (χ0v) is 18.5. The summed E-state index contributed by atoms with van der Waals surface area (Å²) in [7, 11) is -3.73. The zero-order valence-electron chi connectivity index (χ0n) is 17.7. The quantitative estimate of drug-likeness (QED) is 0.612. The molecule has 0 spiro atoms. The van der Waals surface area contributed by atoms with Crippen molar-refractivity contribution >= 4 is 22.1 Å². The van der Waals surface area contributed by atoms with Gasteiger partial charge in [-0.2, -0.15) is 9.57 Å². The summed E-state index contributed by atoms with van der Waals surface area (Å²) in [4.78, 5) is 12.4. The minimum Gasteiger partial charge on any atom is -0.466 e. The van der Waals surface area contributed by atoms with Gasteiger partial charge in [0.25, 0.3) is 0 Å². The highest BCUT2D eigenvalue weighted by atomic mass is 32.2. The first-order valence-electron chi connectivity index (χ1n) is 10.3. The lowest BCUT2D eigenvalue weighted by atomic mass is 9.96. The molecular formula is C24H26N2O4S. The van der Waals surface area contributed by atoms with E-state index in [1.807, 2.05) is 25.1 Å². The third-order valence-corrected chi connectivity index (χ3v) is 7.31. The minimum atomic E-state index is -3.73. The van der Waals surface area contributed by atoms with Crippen molar-refractivity contribution in [1.82, 2.24) is 4.31 Å². The first-order chi connectivity index (χ1) is 14.8. The Balaban J connectivity index is 1.93. The number of esters is 1. The summed E-state index contributed by atoms with van der Waals surface area (Å²) >= 11 is 0. The average molecular weight is 439 g/mol. The highest BCUT2D eigenvalue weighted by Crippen LogP contribution is 2.34. The molecule has 0 N–H and O–H groups in total. The third-order valence-electron chi connectivity index (χ3n) is 5.40. The molecule has 6 nitrogen and oxygen atoms in total. The number of hydrogen-bond donors (Lipinski definition) is 0. The van der Waals surface area contributed by atoms with Crippen LogP contribution in [0.4, 0.5) is 0 Å². The van der Waals surface area contributed by atoms with E-state index in [0.717, 1.165) is 11.1 Å². The van der Waals surface area contributed by atoms with Crippen LogP contribution in [0.1, 0.15) is 36.5 Å². The maximum absolute atomic E-state index is 13.4. The number of sulfonamides is 1. The van der Waals surface area contributed by atoms with Crippen molar-refractivity contribution in [3.05, 3.63) is 71.3 Å². The molecule has 0 bridgehead atoms. The Bertz CT molecular complexity index is 1100. The van der Waals surface area contributed by atoms with Gasteiger partial charge < -0.3 is 4.74 Å². The molecule has 0 aliphatic carbocycles. The topological polar surface area (TPSA) is 87.5 Å². The molecule has 2 atom stereocenters. The predicted molar refractivity (Wildman–Crippen MR) is 118 cm³/mol. The molecule has 7 heteroatoms. The summed E-state index contributed by atoms with van der Waals surface area (Å²) in [5.74, 6) is -0.512. The molecule has 0 radical (unpaired) electrons. The molecule has 0 aromatic heterocycles. The summed E-state index contributed by atoms with van der Waals surface area (Å²) in [6, 6.07) is 15.5. The largest absolute Gasteiger partial charge is 0.466 e. The molecule has 1 heterocycles. The van der Waals surface area contributed by atoms with Gasteiger partial charge in [-0.1, -0.05) is 42.0 Å². The number of hydrogen-bond acceptors (Lipinski definition) is 5. The van der Waals surface area contributed by atoms with Gasteiger partial charge in [-0.25, -0.2) is 8.42 Å². The maximum atomic E-state index is 13.4. The van der Waals surface area contributed by atoms with E-state index < -0.39 is 16.1 Å².